The number of para-hydroxylation sites is 1. The van der Waals surface area contributed by atoms with Gasteiger partial charge in [-0.2, -0.15) is 0 Å². The smallest absolute Gasteiger partial charge is 0.405 e. The van der Waals surface area contributed by atoms with Gasteiger partial charge in [-0.1, -0.05) is 41.9 Å². The molecule has 0 saturated carbocycles. The van der Waals surface area contributed by atoms with E-state index in [0.717, 1.165) is 22.5 Å². The lowest BCUT2D eigenvalue weighted by Crippen LogP contribution is -2.42. The van der Waals surface area contributed by atoms with Crippen molar-refractivity contribution in [1.82, 2.24) is 15.6 Å². The molecule has 216 valence electrons. The molecule has 0 aliphatic heterocycles. The monoisotopic (exact) mass is 586 g/mol. The number of alkyl halides is 3. The lowest BCUT2D eigenvalue weighted by Gasteiger charge is -2.21. The summed E-state index contributed by atoms with van der Waals surface area (Å²) in [4.78, 5) is 29.1. The van der Waals surface area contributed by atoms with Crippen LogP contribution in [0.15, 0.2) is 66.9 Å². The minimum atomic E-state index is -5.01. The summed E-state index contributed by atoms with van der Waals surface area (Å²) in [6.07, 6.45) is -2.85. The number of aromatic nitrogens is 1. The van der Waals surface area contributed by atoms with Crippen molar-refractivity contribution in [3.05, 3.63) is 88.6 Å². The molecule has 2 amide bonds. The van der Waals surface area contributed by atoms with Gasteiger partial charge in [0.15, 0.2) is 0 Å². The molecule has 5 N–H and O–H groups in total. The predicted octanol–water partition coefficient (Wildman–Crippen LogP) is 6.22. The minimum Gasteiger partial charge on any atom is -0.405 e. The molecule has 3 aromatic carbocycles. The van der Waals surface area contributed by atoms with E-state index >= 15 is 0 Å². The Bertz CT molecular complexity index is 1580. The van der Waals surface area contributed by atoms with Gasteiger partial charge in [-0.3, -0.25) is 9.59 Å². The number of fused-ring (bicyclic) bond motifs is 1. The highest BCUT2D eigenvalue weighted by atomic mass is 35.5. The van der Waals surface area contributed by atoms with Crippen molar-refractivity contribution in [3.8, 4) is 16.9 Å². The second-order valence-electron chi connectivity index (χ2n) is 10.6. The van der Waals surface area contributed by atoms with Crippen molar-refractivity contribution in [1.29, 1.82) is 0 Å². The Morgan fingerprint density at radius 2 is 1.66 bits per heavy atom. The normalized spacial score (nSPS) is 12.7. The van der Waals surface area contributed by atoms with Crippen LogP contribution in [0.25, 0.3) is 22.0 Å². The average Bonchev–Trinajstić information content (AvgIpc) is 3.29. The van der Waals surface area contributed by atoms with Crippen LogP contribution in [0, 0.1) is 0 Å². The highest BCUT2D eigenvalue weighted by Gasteiger charge is 2.33. The van der Waals surface area contributed by atoms with Gasteiger partial charge in [0.25, 0.3) is 11.8 Å². The van der Waals surface area contributed by atoms with Gasteiger partial charge >= 0.3 is 6.36 Å². The first-order chi connectivity index (χ1) is 19.2. The van der Waals surface area contributed by atoms with E-state index < -0.39 is 29.6 Å². The van der Waals surface area contributed by atoms with Crippen molar-refractivity contribution in [2.24, 2.45) is 5.73 Å². The number of hydrogen-bond donors (Lipinski definition) is 4. The lowest BCUT2D eigenvalue weighted by atomic mass is 9.99. The van der Waals surface area contributed by atoms with Crippen LogP contribution in [-0.2, 0) is 6.42 Å². The van der Waals surface area contributed by atoms with Crippen molar-refractivity contribution in [3.63, 3.8) is 0 Å². The van der Waals surface area contributed by atoms with Gasteiger partial charge in [0, 0.05) is 35.2 Å². The number of amides is 2. The fourth-order valence-electron chi connectivity index (χ4n) is 4.41. The summed E-state index contributed by atoms with van der Waals surface area (Å²) >= 11 is 6.39. The van der Waals surface area contributed by atoms with Gasteiger partial charge in [-0.15, -0.1) is 13.2 Å². The number of H-pyrrole nitrogens is 1. The second-order valence-corrected chi connectivity index (χ2v) is 11.0. The minimum absolute atomic E-state index is 0.0497. The molecule has 4 aromatic rings. The molecule has 7 nitrogen and oxygen atoms in total. The van der Waals surface area contributed by atoms with Crippen LogP contribution in [0.3, 0.4) is 0 Å². The zero-order valence-corrected chi connectivity index (χ0v) is 23.4. The molecule has 0 aliphatic carbocycles. The van der Waals surface area contributed by atoms with E-state index in [1.165, 1.54) is 24.3 Å². The molecule has 0 aliphatic rings. The van der Waals surface area contributed by atoms with Crippen molar-refractivity contribution in [2.75, 3.05) is 6.54 Å². The first-order valence-corrected chi connectivity index (χ1v) is 13.2. The zero-order chi connectivity index (χ0) is 29.9. The molecule has 41 heavy (non-hydrogen) atoms. The molecular weight excluding hydrogens is 557 g/mol. The standard InChI is InChI=1S/C30H30ClF3N4O3/c1-29(2,3)38-28(40)22-10-8-18(14-24(22)31)17-9-11-26(41-30(32,33)34)23(13-17)27(39)37-20(15-35)12-19-16-36-25-7-5-4-6-21(19)25/h4-11,13-14,16,20,36H,12,15,35H2,1-3H3,(H,37,39)(H,38,40). The lowest BCUT2D eigenvalue weighted by molar-refractivity contribution is -0.274. The summed E-state index contributed by atoms with van der Waals surface area (Å²) in [6, 6.07) is 15.4. The molecule has 4 rings (SSSR count). The third kappa shape index (κ3) is 7.59. The maximum Gasteiger partial charge on any atom is 0.573 e. The van der Waals surface area contributed by atoms with E-state index in [4.69, 9.17) is 17.3 Å². The molecule has 1 unspecified atom stereocenters. The Labute approximate surface area is 240 Å². The molecule has 11 heteroatoms. The Morgan fingerprint density at radius 1 is 0.976 bits per heavy atom. The summed E-state index contributed by atoms with van der Waals surface area (Å²) in [7, 11) is 0. The first-order valence-electron chi connectivity index (χ1n) is 12.8. The van der Waals surface area contributed by atoms with Gasteiger partial charge in [0.1, 0.15) is 5.75 Å². The topological polar surface area (TPSA) is 109 Å². The number of nitrogens with one attached hydrogen (secondary N) is 3. The van der Waals surface area contributed by atoms with Crippen LogP contribution in [-0.4, -0.2) is 41.3 Å². The van der Waals surface area contributed by atoms with Crippen LogP contribution < -0.4 is 21.1 Å². The Kier molecular flexibility index (Phi) is 8.65. The number of rotatable bonds is 8. The molecule has 1 heterocycles. The van der Waals surface area contributed by atoms with Gasteiger partial charge in [0.2, 0.25) is 0 Å². The Morgan fingerprint density at radius 3 is 2.32 bits per heavy atom. The fraction of sp³-hybridized carbons (Fsp3) is 0.267. The number of ether oxygens (including phenoxy) is 1. The maximum atomic E-state index is 13.3. The molecule has 0 saturated heterocycles. The van der Waals surface area contributed by atoms with Crippen LogP contribution in [0.2, 0.25) is 5.02 Å². The van der Waals surface area contributed by atoms with Gasteiger partial charge in [-0.05, 0) is 74.2 Å². The van der Waals surface area contributed by atoms with Crippen molar-refractivity contribution in [2.45, 2.75) is 45.1 Å². The van der Waals surface area contributed by atoms with E-state index in [0.29, 0.717) is 17.5 Å². The largest absolute Gasteiger partial charge is 0.573 e. The fourth-order valence-corrected chi connectivity index (χ4v) is 4.68. The SMILES string of the molecule is CC(C)(C)NC(=O)c1ccc(-c2ccc(OC(F)(F)F)c(C(=O)NC(CN)Cc3c[nH]c4ccccc34)c2)cc1Cl. The number of carbonyl (C=O) groups excluding carboxylic acids is 2. The van der Waals surface area contributed by atoms with Gasteiger partial charge in [0.05, 0.1) is 16.1 Å². The molecule has 0 spiro atoms. The molecule has 0 fully saturated rings. The van der Waals surface area contributed by atoms with Gasteiger partial charge < -0.3 is 26.1 Å². The molecular formula is C30H30ClF3N4O3. The van der Waals surface area contributed by atoms with Crippen LogP contribution in [0.4, 0.5) is 13.2 Å². The van der Waals surface area contributed by atoms with E-state index in [1.54, 1.807) is 6.07 Å². The predicted molar refractivity (Wildman–Crippen MR) is 153 cm³/mol. The Balaban J connectivity index is 1.63. The van der Waals surface area contributed by atoms with Crippen LogP contribution in [0.5, 0.6) is 5.75 Å². The van der Waals surface area contributed by atoms with E-state index in [2.05, 4.69) is 20.4 Å². The molecule has 0 radical (unpaired) electrons. The zero-order valence-electron chi connectivity index (χ0n) is 22.7. The summed E-state index contributed by atoms with van der Waals surface area (Å²) in [5, 5.41) is 6.67. The number of hydrogen-bond acceptors (Lipinski definition) is 4. The summed E-state index contributed by atoms with van der Waals surface area (Å²) in [5.41, 5.74) is 8.07. The number of halogens is 4. The third-order valence-electron chi connectivity index (χ3n) is 6.25. The number of aromatic amines is 1. The molecule has 0 bridgehead atoms. The molecule has 1 aromatic heterocycles. The quantitative estimate of drug-likeness (QED) is 0.197. The number of nitrogens with two attached hydrogens (primary N) is 1. The summed E-state index contributed by atoms with van der Waals surface area (Å²) in [5.74, 6) is -1.81. The second kappa shape index (κ2) is 11.8. The number of carbonyl (C=O) groups is 2. The van der Waals surface area contributed by atoms with Crippen LogP contribution in [0.1, 0.15) is 47.1 Å². The van der Waals surface area contributed by atoms with Crippen LogP contribution >= 0.6 is 11.6 Å². The summed E-state index contributed by atoms with van der Waals surface area (Å²) in [6.45, 7) is 5.55. The third-order valence-corrected chi connectivity index (χ3v) is 6.56. The molecule has 1 atom stereocenters. The summed E-state index contributed by atoms with van der Waals surface area (Å²) < 4.78 is 43.8. The highest BCUT2D eigenvalue weighted by molar-refractivity contribution is 6.34. The van der Waals surface area contributed by atoms with E-state index in [9.17, 15) is 22.8 Å². The van der Waals surface area contributed by atoms with Crippen molar-refractivity contribution >= 4 is 34.3 Å². The van der Waals surface area contributed by atoms with E-state index in [-0.39, 0.29) is 28.6 Å². The van der Waals surface area contributed by atoms with E-state index in [1.807, 2.05) is 51.2 Å². The number of benzene rings is 3. The van der Waals surface area contributed by atoms with Gasteiger partial charge in [-0.25, -0.2) is 0 Å². The first kappa shape index (κ1) is 30.0. The van der Waals surface area contributed by atoms with Crippen molar-refractivity contribution < 1.29 is 27.5 Å². The highest BCUT2D eigenvalue weighted by Crippen LogP contribution is 2.33. The maximum absolute atomic E-state index is 13.3. The average molecular weight is 587 g/mol. The Hall–Kier alpha value is -4.02.